The molecule has 1 saturated heterocycles. The number of nitrogens with one attached hydrogen (secondary N) is 1. The van der Waals surface area contributed by atoms with E-state index in [4.69, 9.17) is 0 Å². The maximum absolute atomic E-state index is 3.42. The second-order valence-electron chi connectivity index (χ2n) is 3.63. The van der Waals surface area contributed by atoms with Crippen molar-refractivity contribution in [2.24, 2.45) is 0 Å². The fourth-order valence-electron chi connectivity index (χ4n) is 1.53. The second kappa shape index (κ2) is 5.81. The Morgan fingerprint density at radius 1 is 1.23 bits per heavy atom. The molecule has 0 aliphatic carbocycles. The van der Waals surface area contributed by atoms with Crippen LogP contribution in [0.5, 0.6) is 0 Å². The zero-order chi connectivity index (χ0) is 9.52. The number of allylic oxidation sites excluding steroid dienone is 3. The first-order valence-electron chi connectivity index (χ1n) is 5.05. The van der Waals surface area contributed by atoms with Gasteiger partial charge in [-0.1, -0.05) is 12.2 Å². The summed E-state index contributed by atoms with van der Waals surface area (Å²) in [6, 6.07) is 0.678. The summed E-state index contributed by atoms with van der Waals surface area (Å²) in [5.74, 6) is 0. The molecule has 13 heavy (non-hydrogen) atoms. The maximum atomic E-state index is 3.42. The molecule has 1 aliphatic heterocycles. The highest BCUT2D eigenvalue weighted by atomic mass is 15.1. The minimum absolute atomic E-state index is 0.678. The van der Waals surface area contributed by atoms with E-state index in [1.165, 1.54) is 25.9 Å². The van der Waals surface area contributed by atoms with Gasteiger partial charge in [-0.15, -0.1) is 0 Å². The minimum atomic E-state index is 0.678. The maximum Gasteiger partial charge on any atom is 0.0280 e. The average molecular weight is 180 g/mol. The lowest BCUT2D eigenvalue weighted by molar-refractivity contribution is 0.244. The van der Waals surface area contributed by atoms with Gasteiger partial charge in [0.1, 0.15) is 0 Å². The lowest BCUT2D eigenvalue weighted by Crippen LogP contribution is -2.38. The third-order valence-corrected chi connectivity index (χ3v) is 2.45. The van der Waals surface area contributed by atoms with Crippen LogP contribution in [0.15, 0.2) is 24.4 Å². The summed E-state index contributed by atoms with van der Waals surface area (Å²) < 4.78 is 0. The molecule has 0 aromatic rings. The van der Waals surface area contributed by atoms with Crippen molar-refractivity contribution in [1.29, 1.82) is 0 Å². The van der Waals surface area contributed by atoms with Crippen molar-refractivity contribution in [1.82, 2.24) is 10.2 Å². The van der Waals surface area contributed by atoms with Crippen molar-refractivity contribution >= 4 is 0 Å². The first-order chi connectivity index (χ1) is 6.33. The molecule has 0 unspecified atom stereocenters. The van der Waals surface area contributed by atoms with Gasteiger partial charge in [0.25, 0.3) is 0 Å². The van der Waals surface area contributed by atoms with Crippen LogP contribution in [0.2, 0.25) is 0 Å². The third-order valence-electron chi connectivity index (χ3n) is 2.45. The average Bonchev–Trinajstić information content (AvgIpc) is 2.15. The summed E-state index contributed by atoms with van der Waals surface area (Å²) in [6.07, 6.45) is 10.7. The van der Waals surface area contributed by atoms with Gasteiger partial charge in [-0.25, -0.2) is 0 Å². The highest BCUT2D eigenvalue weighted by Crippen LogP contribution is 2.07. The van der Waals surface area contributed by atoms with Crippen LogP contribution in [0.4, 0.5) is 0 Å². The normalized spacial score (nSPS) is 21.7. The van der Waals surface area contributed by atoms with E-state index in [0.717, 1.165) is 0 Å². The van der Waals surface area contributed by atoms with Crippen molar-refractivity contribution in [2.75, 3.05) is 20.1 Å². The molecule has 1 aliphatic rings. The van der Waals surface area contributed by atoms with E-state index in [1.54, 1.807) is 0 Å². The Morgan fingerprint density at radius 2 is 1.92 bits per heavy atom. The molecule has 0 radical (unpaired) electrons. The van der Waals surface area contributed by atoms with Crippen LogP contribution in [-0.2, 0) is 0 Å². The molecule has 0 aromatic heterocycles. The van der Waals surface area contributed by atoms with E-state index in [1.807, 2.05) is 19.1 Å². The van der Waals surface area contributed by atoms with Gasteiger partial charge in [0.2, 0.25) is 0 Å². The van der Waals surface area contributed by atoms with Crippen LogP contribution in [0, 0.1) is 0 Å². The molecule has 2 heteroatoms. The molecule has 74 valence electrons. The Hall–Kier alpha value is -0.760. The third kappa shape index (κ3) is 4.13. The van der Waals surface area contributed by atoms with Crippen molar-refractivity contribution in [2.45, 2.75) is 25.8 Å². The lowest BCUT2D eigenvalue weighted by Gasteiger charge is -2.28. The van der Waals surface area contributed by atoms with Gasteiger partial charge in [0.05, 0.1) is 0 Å². The van der Waals surface area contributed by atoms with Crippen LogP contribution < -0.4 is 5.32 Å². The fourth-order valence-corrected chi connectivity index (χ4v) is 1.53. The summed E-state index contributed by atoms with van der Waals surface area (Å²) in [6.45, 7) is 4.46. The summed E-state index contributed by atoms with van der Waals surface area (Å²) >= 11 is 0. The van der Waals surface area contributed by atoms with Crippen molar-refractivity contribution < 1.29 is 0 Å². The zero-order valence-electron chi connectivity index (χ0n) is 8.66. The van der Waals surface area contributed by atoms with E-state index < -0.39 is 0 Å². The SMILES string of the molecule is C/C=C\C=C/NC1CCN(C)CC1. The Bertz CT molecular complexity index is 177. The molecule has 0 aromatic carbocycles. The van der Waals surface area contributed by atoms with Crippen LogP contribution >= 0.6 is 0 Å². The minimum Gasteiger partial charge on any atom is -0.388 e. The van der Waals surface area contributed by atoms with Crippen LogP contribution in [0.25, 0.3) is 0 Å². The van der Waals surface area contributed by atoms with Crippen molar-refractivity contribution in [3.05, 3.63) is 24.4 Å². The highest BCUT2D eigenvalue weighted by molar-refractivity contribution is 5.00. The van der Waals surface area contributed by atoms with Crippen molar-refractivity contribution in [3.63, 3.8) is 0 Å². The molecule has 0 bridgehead atoms. The number of nitrogens with zero attached hydrogens (tertiary/aromatic N) is 1. The van der Waals surface area contributed by atoms with E-state index >= 15 is 0 Å². The topological polar surface area (TPSA) is 15.3 Å². The van der Waals surface area contributed by atoms with Gasteiger partial charge in [-0.2, -0.15) is 0 Å². The Kier molecular flexibility index (Phi) is 4.61. The predicted octanol–water partition coefficient (Wildman–Crippen LogP) is 1.76. The predicted molar refractivity (Wildman–Crippen MR) is 57.6 cm³/mol. The zero-order valence-corrected chi connectivity index (χ0v) is 8.66. The Balaban J connectivity index is 2.15. The molecule has 1 heterocycles. The van der Waals surface area contributed by atoms with Gasteiger partial charge in [0.15, 0.2) is 0 Å². The van der Waals surface area contributed by atoms with E-state index in [2.05, 4.69) is 29.5 Å². The number of hydrogen-bond acceptors (Lipinski definition) is 2. The first kappa shape index (κ1) is 10.3. The summed E-state index contributed by atoms with van der Waals surface area (Å²) in [5.41, 5.74) is 0. The monoisotopic (exact) mass is 180 g/mol. The first-order valence-corrected chi connectivity index (χ1v) is 5.05. The molecule has 1 N–H and O–H groups in total. The summed E-state index contributed by atoms with van der Waals surface area (Å²) in [7, 11) is 2.19. The van der Waals surface area contributed by atoms with E-state index in [0.29, 0.717) is 6.04 Å². The molecule has 1 rings (SSSR count). The number of piperidine rings is 1. The van der Waals surface area contributed by atoms with Gasteiger partial charge >= 0.3 is 0 Å². The summed E-state index contributed by atoms with van der Waals surface area (Å²) in [4.78, 5) is 2.38. The number of likely N-dealkylation sites (tertiary alicyclic amines) is 1. The molecular weight excluding hydrogens is 160 g/mol. The van der Waals surface area contributed by atoms with Crippen LogP contribution in [-0.4, -0.2) is 31.1 Å². The lowest BCUT2D eigenvalue weighted by atomic mass is 10.1. The quantitative estimate of drug-likeness (QED) is 0.666. The van der Waals surface area contributed by atoms with Gasteiger partial charge in [-0.3, -0.25) is 0 Å². The molecular formula is C11H20N2. The van der Waals surface area contributed by atoms with Crippen LogP contribution in [0.3, 0.4) is 0 Å². The van der Waals surface area contributed by atoms with Gasteiger partial charge in [0, 0.05) is 6.04 Å². The Labute approximate surface area is 81.3 Å². The molecule has 0 amide bonds. The number of hydrogen-bond donors (Lipinski definition) is 1. The molecule has 2 nitrogen and oxygen atoms in total. The van der Waals surface area contributed by atoms with Gasteiger partial charge in [-0.05, 0) is 52.2 Å². The van der Waals surface area contributed by atoms with Crippen LogP contribution in [0.1, 0.15) is 19.8 Å². The van der Waals surface area contributed by atoms with E-state index in [9.17, 15) is 0 Å². The highest BCUT2D eigenvalue weighted by Gasteiger charge is 2.14. The fraction of sp³-hybridized carbons (Fsp3) is 0.636. The van der Waals surface area contributed by atoms with E-state index in [-0.39, 0.29) is 0 Å². The largest absolute Gasteiger partial charge is 0.388 e. The molecule has 0 saturated carbocycles. The molecule has 0 atom stereocenters. The molecule has 0 spiro atoms. The van der Waals surface area contributed by atoms with Crippen molar-refractivity contribution in [3.8, 4) is 0 Å². The number of rotatable bonds is 3. The standard InChI is InChI=1S/C11H20N2/c1-3-4-5-8-12-11-6-9-13(2)10-7-11/h3-5,8,11-12H,6-7,9-10H2,1-2H3/b4-3-,8-5-. The molecule has 1 fully saturated rings. The summed E-state index contributed by atoms with van der Waals surface area (Å²) in [5, 5.41) is 3.42. The Morgan fingerprint density at radius 3 is 2.54 bits per heavy atom. The smallest absolute Gasteiger partial charge is 0.0280 e. The second-order valence-corrected chi connectivity index (χ2v) is 3.63. The van der Waals surface area contributed by atoms with Gasteiger partial charge < -0.3 is 10.2 Å².